The van der Waals surface area contributed by atoms with Crippen molar-refractivity contribution >= 4 is 34.6 Å². The van der Waals surface area contributed by atoms with E-state index in [0.29, 0.717) is 63.0 Å². The number of nitrogens with two attached hydrogens (primary N) is 1. The fourth-order valence-electron chi connectivity index (χ4n) is 10.7. The molecule has 72 heavy (non-hydrogen) atoms. The van der Waals surface area contributed by atoms with Gasteiger partial charge in [0.15, 0.2) is 0 Å². The number of carbonyl (C=O) groups is 2. The molecule has 0 saturated carbocycles. The molecule has 2 atom stereocenters. The standard InChI is InChI=1S/C52H65F2N10O4.C2H6.CH3.K/c1-7-44(50(55)66)64-46-9-8-37(25-47(46)58(6)52(64)68)31-60-22-23-62(34(3)30-60)32-36-11-19-61(20-12-36)51(67)39-26-42(53)49(43(54)27-39)38-13-17-59(18-14-38)29-33(2)24-41-35(4)57-16-10-45(41)63-21-15-40(56-5)28-48(63)65;1-2;;/h8-10,15-16,21,24-28,34,36,38,44,56H,1,7,11-14,17-20,22-23,29-32H2,2-6H3,(H2,55,66);1-2H3;1H3;/q-1;;-1;+1/b33-24+;;;. The van der Waals surface area contributed by atoms with E-state index in [9.17, 15) is 19.2 Å². The number of fused-ring (bicyclic) bond motifs is 1. The molecule has 0 aliphatic carbocycles. The number of aryl methyl sites for hydroxylation is 2. The Morgan fingerprint density at radius 1 is 0.931 bits per heavy atom. The summed E-state index contributed by atoms with van der Waals surface area (Å²) in [5, 5.41) is 3.00. The number of anilines is 1. The van der Waals surface area contributed by atoms with Gasteiger partial charge in [-0.3, -0.25) is 47.8 Å². The van der Waals surface area contributed by atoms with Gasteiger partial charge in [-0.1, -0.05) is 31.6 Å². The van der Waals surface area contributed by atoms with Gasteiger partial charge >= 0.3 is 57.1 Å². The summed E-state index contributed by atoms with van der Waals surface area (Å²) in [4.78, 5) is 65.2. The first kappa shape index (κ1) is 58.6. The Morgan fingerprint density at radius 2 is 1.61 bits per heavy atom. The fraction of sp³-hybridized carbons (Fsp3) is 0.473. The van der Waals surface area contributed by atoms with Crippen LogP contribution >= 0.6 is 0 Å². The first-order valence-corrected chi connectivity index (χ1v) is 24.9. The summed E-state index contributed by atoms with van der Waals surface area (Å²) in [7, 11) is 3.48. The molecule has 0 radical (unpaired) electrons. The van der Waals surface area contributed by atoms with Gasteiger partial charge in [0.05, 0.1) is 22.8 Å². The maximum atomic E-state index is 15.8. The van der Waals surface area contributed by atoms with Gasteiger partial charge in [0.25, 0.3) is 11.5 Å². The first-order chi connectivity index (χ1) is 33.6. The molecule has 2 amide bonds. The Hall–Kier alpha value is -4.33. The van der Waals surface area contributed by atoms with Crippen LogP contribution in [0, 0.1) is 38.8 Å². The second-order valence-electron chi connectivity index (χ2n) is 19.2. The van der Waals surface area contributed by atoms with E-state index < -0.39 is 23.6 Å². The van der Waals surface area contributed by atoms with Crippen LogP contribution in [-0.2, 0) is 18.4 Å². The molecular formula is C55H74F2KN10O4-. The second-order valence-corrected chi connectivity index (χ2v) is 19.2. The number of nitrogens with zero attached hydrogens (tertiary/aromatic N) is 8. The van der Waals surface area contributed by atoms with Gasteiger partial charge in [0.1, 0.15) is 11.6 Å². The summed E-state index contributed by atoms with van der Waals surface area (Å²) in [6.45, 7) is 21.5. The van der Waals surface area contributed by atoms with Gasteiger partial charge < -0.3 is 30.3 Å². The number of rotatable bonds is 14. The van der Waals surface area contributed by atoms with Gasteiger partial charge in [0, 0.05) is 119 Å². The van der Waals surface area contributed by atoms with Gasteiger partial charge in [-0.15, -0.1) is 0 Å². The SMILES string of the molecule is CC.[CH2-]CC(C(N)=O)n1c(=O)n(C)c2cc(CN3CCN(CC4CCN(C(=O)c5cc(F)c(C6CCN(C/C(C)=C/c7c(-n8ccc(NC)cc8=O)ccnc7C)CC6)c(F)c5)CC4)C(C)C3)ccc21.[CH3-].[K+]. The van der Waals surface area contributed by atoms with Gasteiger partial charge in [0.2, 0.25) is 5.91 Å². The van der Waals surface area contributed by atoms with Crippen molar-refractivity contribution in [1.29, 1.82) is 0 Å². The van der Waals surface area contributed by atoms with Gasteiger partial charge in [-0.25, -0.2) is 13.6 Å². The monoisotopic (exact) mass is 1020 g/mol. The molecule has 3 aliphatic rings. The number of nitrogens with one attached hydrogen (secondary N) is 1. The molecule has 3 aromatic heterocycles. The summed E-state index contributed by atoms with van der Waals surface area (Å²) in [6, 6.07) is 13.1. The summed E-state index contributed by atoms with van der Waals surface area (Å²) in [5.74, 6) is -2.10. The Balaban J connectivity index is 0.00000238. The van der Waals surface area contributed by atoms with Crippen LogP contribution in [0.5, 0.6) is 0 Å². The Bertz CT molecular complexity index is 2800. The van der Waals surface area contributed by atoms with Crippen molar-refractivity contribution in [3.8, 4) is 5.69 Å². The van der Waals surface area contributed by atoms with Crippen LogP contribution in [0.15, 0.2) is 76.1 Å². The molecule has 6 heterocycles. The van der Waals surface area contributed by atoms with Crippen molar-refractivity contribution in [3.63, 3.8) is 0 Å². The van der Waals surface area contributed by atoms with Crippen LogP contribution in [0.25, 0.3) is 22.8 Å². The number of aromatic nitrogens is 4. The number of halogens is 2. The number of hydrogen-bond acceptors (Lipinski definition) is 9. The molecule has 3 fully saturated rings. The van der Waals surface area contributed by atoms with Gasteiger partial charge in [-0.2, -0.15) is 6.42 Å². The van der Waals surface area contributed by atoms with Crippen LogP contribution in [0.4, 0.5) is 14.5 Å². The summed E-state index contributed by atoms with van der Waals surface area (Å²) in [5.41, 5.74) is 12.0. The number of amides is 2. The Morgan fingerprint density at radius 3 is 2.22 bits per heavy atom. The zero-order valence-corrected chi connectivity index (χ0v) is 47.1. The maximum absolute atomic E-state index is 15.8. The molecule has 2 unspecified atom stereocenters. The Labute approximate surface area is 467 Å². The van der Waals surface area contributed by atoms with Gasteiger partial charge in [-0.05, 0) is 113 Å². The number of primary amides is 1. The number of piperidine rings is 2. The smallest absolute Gasteiger partial charge is 0.388 e. The summed E-state index contributed by atoms with van der Waals surface area (Å²) in [6.07, 6.45) is 8.54. The topological polar surface area (TPSA) is 147 Å². The largest absolute Gasteiger partial charge is 1.00 e. The van der Waals surface area contributed by atoms with E-state index in [-0.39, 0.29) is 99.4 Å². The third-order valence-corrected chi connectivity index (χ3v) is 14.5. The molecule has 2 aromatic carbocycles. The number of hydrogen-bond donors (Lipinski definition) is 2. The normalized spacial score (nSPS) is 17.9. The van der Waals surface area contributed by atoms with Crippen LogP contribution in [-0.4, -0.2) is 122 Å². The molecule has 17 heteroatoms. The van der Waals surface area contributed by atoms with Crippen molar-refractivity contribution in [1.82, 2.24) is 38.3 Å². The quantitative estimate of drug-likeness (QED) is 0.121. The van der Waals surface area contributed by atoms with E-state index >= 15 is 8.78 Å². The maximum Gasteiger partial charge on any atom is 1.00 e. The molecule has 5 aromatic rings. The van der Waals surface area contributed by atoms with E-state index in [1.165, 1.54) is 16.7 Å². The molecule has 3 N–H and O–H groups in total. The van der Waals surface area contributed by atoms with E-state index in [1.54, 1.807) is 46.6 Å². The molecular weight excluding hydrogens is 942 g/mol. The minimum atomic E-state index is -0.804. The zero-order chi connectivity index (χ0) is 50.4. The Kier molecular flexibility index (Phi) is 21.3. The van der Waals surface area contributed by atoms with E-state index in [1.807, 2.05) is 58.0 Å². The van der Waals surface area contributed by atoms with Crippen LogP contribution in [0.3, 0.4) is 0 Å². The molecule has 3 saturated heterocycles. The number of likely N-dealkylation sites (tertiary alicyclic amines) is 2. The minimum Gasteiger partial charge on any atom is -0.388 e. The van der Waals surface area contributed by atoms with Crippen molar-refractivity contribution in [2.24, 2.45) is 18.7 Å². The fourth-order valence-corrected chi connectivity index (χ4v) is 10.7. The van der Waals surface area contributed by atoms with Crippen LogP contribution < -0.4 is 73.7 Å². The van der Waals surface area contributed by atoms with Crippen LogP contribution in [0.1, 0.15) is 105 Å². The molecule has 0 bridgehead atoms. The van der Waals surface area contributed by atoms with Crippen LogP contribution in [0.2, 0.25) is 0 Å². The number of piperazine rings is 1. The first-order valence-electron chi connectivity index (χ1n) is 24.9. The van der Waals surface area contributed by atoms with Crippen molar-refractivity contribution in [3.05, 3.63) is 141 Å². The number of carbonyl (C=O) groups excluding carboxylic acids is 2. The number of imidazole rings is 1. The molecule has 3 aliphatic heterocycles. The molecule has 14 nitrogen and oxygen atoms in total. The third-order valence-electron chi connectivity index (χ3n) is 14.5. The van der Waals surface area contributed by atoms with Crippen molar-refractivity contribution in [2.45, 2.75) is 91.3 Å². The van der Waals surface area contributed by atoms with E-state index in [4.69, 9.17) is 5.73 Å². The molecule has 0 spiro atoms. The van der Waals surface area contributed by atoms with Crippen molar-refractivity contribution < 1.29 is 69.8 Å². The average Bonchev–Trinajstić information content (AvgIpc) is 3.58. The third kappa shape index (κ3) is 13.1. The zero-order valence-electron chi connectivity index (χ0n) is 44.0. The summed E-state index contributed by atoms with van der Waals surface area (Å²) >= 11 is 0. The minimum absolute atomic E-state index is 0. The van der Waals surface area contributed by atoms with Crippen molar-refractivity contribution in [2.75, 3.05) is 71.3 Å². The molecule has 384 valence electrons. The predicted molar refractivity (Wildman–Crippen MR) is 281 cm³/mol. The van der Waals surface area contributed by atoms with E-state index in [0.717, 1.165) is 84.9 Å². The predicted octanol–water partition coefficient (Wildman–Crippen LogP) is 4.59. The number of pyridine rings is 2. The average molecular weight is 1020 g/mol. The second kappa shape index (κ2) is 26.2. The number of benzene rings is 2. The molecule has 8 rings (SSSR count). The summed E-state index contributed by atoms with van der Waals surface area (Å²) < 4.78 is 36.3. The van der Waals surface area contributed by atoms with E-state index in [2.05, 4.69) is 44.9 Å².